The number of amides is 1. The van der Waals surface area contributed by atoms with Crippen molar-refractivity contribution in [3.63, 3.8) is 0 Å². The molecule has 1 fully saturated rings. The minimum atomic E-state index is -0.186. The SMILES string of the molecule is COc1ccc(/C=C2/NC(=S)N(c3cccc(C)c3)C2=O)cc1COc1ccc(C)cc1. The molecule has 0 spiro atoms. The fourth-order valence-corrected chi connectivity index (χ4v) is 3.80. The smallest absolute Gasteiger partial charge is 0.281 e. The molecular weight excluding hydrogens is 420 g/mol. The molecule has 3 aromatic carbocycles. The van der Waals surface area contributed by atoms with Crippen LogP contribution in [0.25, 0.3) is 6.08 Å². The monoisotopic (exact) mass is 444 g/mol. The Morgan fingerprint density at radius 1 is 1.00 bits per heavy atom. The van der Waals surface area contributed by atoms with Crippen LogP contribution in [0.1, 0.15) is 22.3 Å². The third kappa shape index (κ3) is 4.65. The standard InChI is InChI=1S/C26H24N2O3S/c1-17-7-10-22(11-8-17)31-16-20-14-19(9-12-24(20)30-3)15-23-25(29)28(26(32)27-23)21-6-4-5-18(2)13-21/h4-15H,16H2,1-3H3,(H,27,32)/b23-15+. The van der Waals surface area contributed by atoms with Gasteiger partial charge in [-0.25, -0.2) is 0 Å². The van der Waals surface area contributed by atoms with Gasteiger partial charge in [-0.05, 0) is 79.7 Å². The maximum absolute atomic E-state index is 13.0. The zero-order valence-electron chi connectivity index (χ0n) is 18.2. The molecular formula is C26H24N2O3S. The van der Waals surface area contributed by atoms with Crippen LogP contribution in [0.3, 0.4) is 0 Å². The highest BCUT2D eigenvalue weighted by molar-refractivity contribution is 7.80. The van der Waals surface area contributed by atoms with Gasteiger partial charge in [-0.15, -0.1) is 0 Å². The van der Waals surface area contributed by atoms with Crippen molar-refractivity contribution >= 4 is 35.0 Å². The van der Waals surface area contributed by atoms with Crippen LogP contribution in [0.4, 0.5) is 5.69 Å². The predicted molar refractivity (Wildman–Crippen MR) is 131 cm³/mol. The highest BCUT2D eigenvalue weighted by Gasteiger charge is 2.32. The van der Waals surface area contributed by atoms with Gasteiger partial charge in [0.25, 0.3) is 5.91 Å². The maximum atomic E-state index is 13.0. The fourth-order valence-electron chi connectivity index (χ4n) is 3.50. The summed E-state index contributed by atoms with van der Waals surface area (Å²) >= 11 is 5.42. The van der Waals surface area contributed by atoms with Gasteiger partial charge in [0.1, 0.15) is 23.8 Å². The molecule has 162 valence electrons. The molecule has 5 nitrogen and oxygen atoms in total. The minimum Gasteiger partial charge on any atom is -0.496 e. The highest BCUT2D eigenvalue weighted by Crippen LogP contribution is 2.26. The van der Waals surface area contributed by atoms with Crippen molar-refractivity contribution in [2.75, 3.05) is 12.0 Å². The number of anilines is 1. The van der Waals surface area contributed by atoms with Crippen molar-refractivity contribution in [3.8, 4) is 11.5 Å². The van der Waals surface area contributed by atoms with Crippen LogP contribution >= 0.6 is 12.2 Å². The molecule has 0 unspecified atom stereocenters. The Labute approximate surface area is 193 Å². The number of carbonyl (C=O) groups is 1. The molecule has 32 heavy (non-hydrogen) atoms. The first-order valence-corrected chi connectivity index (χ1v) is 10.7. The van der Waals surface area contributed by atoms with Crippen LogP contribution in [0.5, 0.6) is 11.5 Å². The molecule has 1 aliphatic heterocycles. The van der Waals surface area contributed by atoms with Crippen LogP contribution in [-0.2, 0) is 11.4 Å². The van der Waals surface area contributed by atoms with Crippen molar-refractivity contribution in [2.24, 2.45) is 0 Å². The average Bonchev–Trinajstić information content (AvgIpc) is 3.06. The average molecular weight is 445 g/mol. The Morgan fingerprint density at radius 3 is 2.50 bits per heavy atom. The van der Waals surface area contributed by atoms with Gasteiger partial charge in [0, 0.05) is 5.56 Å². The van der Waals surface area contributed by atoms with Gasteiger partial charge in [0.15, 0.2) is 5.11 Å². The topological polar surface area (TPSA) is 50.8 Å². The second kappa shape index (κ2) is 9.24. The summed E-state index contributed by atoms with van der Waals surface area (Å²) in [4.78, 5) is 14.5. The first kappa shape index (κ1) is 21.6. The number of rotatable bonds is 6. The van der Waals surface area contributed by atoms with E-state index in [0.717, 1.165) is 33.9 Å². The molecule has 0 aliphatic carbocycles. The highest BCUT2D eigenvalue weighted by atomic mass is 32.1. The normalized spacial score (nSPS) is 14.6. The maximum Gasteiger partial charge on any atom is 0.281 e. The fraction of sp³-hybridized carbons (Fsp3) is 0.154. The Hall–Kier alpha value is -3.64. The molecule has 1 N–H and O–H groups in total. The number of nitrogens with zero attached hydrogens (tertiary/aromatic N) is 1. The van der Waals surface area contributed by atoms with Crippen molar-refractivity contribution in [1.82, 2.24) is 5.32 Å². The molecule has 0 saturated carbocycles. The van der Waals surface area contributed by atoms with Gasteiger partial charge in [-0.3, -0.25) is 9.69 Å². The molecule has 1 heterocycles. The van der Waals surface area contributed by atoms with Gasteiger partial charge in [-0.1, -0.05) is 35.9 Å². The molecule has 4 rings (SSSR count). The van der Waals surface area contributed by atoms with E-state index in [-0.39, 0.29) is 5.91 Å². The number of methoxy groups -OCH3 is 1. The zero-order chi connectivity index (χ0) is 22.7. The first-order chi connectivity index (χ1) is 15.4. The lowest BCUT2D eigenvalue weighted by Gasteiger charge is -2.14. The number of nitrogens with one attached hydrogen (secondary N) is 1. The quantitative estimate of drug-likeness (QED) is 0.421. The summed E-state index contributed by atoms with van der Waals surface area (Å²) in [6.07, 6.45) is 1.79. The van der Waals surface area contributed by atoms with Crippen LogP contribution in [-0.4, -0.2) is 18.1 Å². The molecule has 0 bridgehead atoms. The van der Waals surface area contributed by atoms with E-state index < -0.39 is 0 Å². The third-order valence-electron chi connectivity index (χ3n) is 5.17. The van der Waals surface area contributed by atoms with E-state index in [1.165, 1.54) is 10.5 Å². The predicted octanol–water partition coefficient (Wildman–Crippen LogP) is 5.15. The number of hydrogen-bond donors (Lipinski definition) is 1. The molecule has 0 radical (unpaired) electrons. The van der Waals surface area contributed by atoms with Gasteiger partial charge >= 0.3 is 0 Å². The second-order valence-corrected chi connectivity index (χ2v) is 8.03. The molecule has 1 amide bonds. The van der Waals surface area contributed by atoms with E-state index in [0.29, 0.717) is 17.4 Å². The summed E-state index contributed by atoms with van der Waals surface area (Å²) in [6.45, 7) is 4.36. The molecule has 1 saturated heterocycles. The van der Waals surface area contributed by atoms with E-state index in [4.69, 9.17) is 21.7 Å². The van der Waals surface area contributed by atoms with Crippen molar-refractivity contribution in [3.05, 3.63) is 94.7 Å². The van der Waals surface area contributed by atoms with E-state index in [9.17, 15) is 4.79 Å². The summed E-state index contributed by atoms with van der Waals surface area (Å²) in [6, 6.07) is 21.3. The van der Waals surface area contributed by atoms with Crippen molar-refractivity contribution < 1.29 is 14.3 Å². The molecule has 1 aliphatic rings. The molecule has 3 aromatic rings. The van der Waals surface area contributed by atoms with E-state index in [1.54, 1.807) is 13.2 Å². The lowest BCUT2D eigenvalue weighted by atomic mass is 10.1. The van der Waals surface area contributed by atoms with Crippen molar-refractivity contribution in [1.29, 1.82) is 0 Å². The Morgan fingerprint density at radius 2 is 1.78 bits per heavy atom. The van der Waals surface area contributed by atoms with E-state index in [1.807, 2.05) is 80.6 Å². The molecule has 6 heteroatoms. The van der Waals surface area contributed by atoms with Crippen LogP contribution in [0.15, 0.2) is 72.4 Å². The number of thiocarbonyl (C=S) groups is 1. The van der Waals surface area contributed by atoms with Crippen LogP contribution < -0.4 is 19.7 Å². The van der Waals surface area contributed by atoms with E-state index in [2.05, 4.69) is 5.32 Å². The zero-order valence-corrected chi connectivity index (χ0v) is 19.0. The summed E-state index contributed by atoms with van der Waals surface area (Å²) in [5.74, 6) is 1.32. The minimum absolute atomic E-state index is 0.186. The summed E-state index contributed by atoms with van der Waals surface area (Å²) in [5.41, 5.74) is 5.13. The third-order valence-corrected chi connectivity index (χ3v) is 5.45. The van der Waals surface area contributed by atoms with Crippen LogP contribution in [0, 0.1) is 13.8 Å². The Bertz CT molecular complexity index is 1200. The van der Waals surface area contributed by atoms with E-state index >= 15 is 0 Å². The summed E-state index contributed by atoms with van der Waals surface area (Å²) in [5, 5.41) is 3.40. The Balaban J connectivity index is 1.57. The number of hydrogen-bond acceptors (Lipinski definition) is 4. The Kier molecular flexibility index (Phi) is 6.23. The van der Waals surface area contributed by atoms with Gasteiger partial charge in [-0.2, -0.15) is 0 Å². The summed E-state index contributed by atoms with van der Waals surface area (Å²) in [7, 11) is 1.63. The van der Waals surface area contributed by atoms with Crippen molar-refractivity contribution in [2.45, 2.75) is 20.5 Å². The first-order valence-electron chi connectivity index (χ1n) is 10.2. The number of benzene rings is 3. The van der Waals surface area contributed by atoms with Gasteiger partial charge < -0.3 is 14.8 Å². The number of carbonyl (C=O) groups excluding carboxylic acids is 1. The second-order valence-electron chi connectivity index (χ2n) is 7.64. The molecule has 0 atom stereocenters. The largest absolute Gasteiger partial charge is 0.496 e. The van der Waals surface area contributed by atoms with Crippen LogP contribution in [0.2, 0.25) is 0 Å². The molecule has 0 aromatic heterocycles. The number of aryl methyl sites for hydroxylation is 2. The summed E-state index contributed by atoms with van der Waals surface area (Å²) < 4.78 is 11.4. The lowest BCUT2D eigenvalue weighted by molar-refractivity contribution is -0.113. The lowest BCUT2D eigenvalue weighted by Crippen LogP contribution is -2.30. The van der Waals surface area contributed by atoms with Gasteiger partial charge in [0.2, 0.25) is 0 Å². The van der Waals surface area contributed by atoms with Gasteiger partial charge in [0.05, 0.1) is 12.8 Å². The number of ether oxygens (including phenoxy) is 2.